The van der Waals surface area contributed by atoms with Gasteiger partial charge in [0.1, 0.15) is 6.04 Å². The molecular weight excluding hydrogens is 154 g/mol. The lowest BCUT2D eigenvalue weighted by Crippen LogP contribution is -2.34. The van der Waals surface area contributed by atoms with Crippen LogP contribution in [-0.2, 0) is 9.53 Å². The second kappa shape index (κ2) is 6.00. The number of carbonyl (C=O) groups excluding carboxylic acids is 1. The number of rotatable bonds is 5. The molecule has 0 saturated heterocycles. The van der Waals surface area contributed by atoms with E-state index in [0.717, 1.165) is 12.8 Å². The average molecular weight is 173 g/mol. The topological polar surface area (TPSA) is 52.3 Å². The lowest BCUT2D eigenvalue weighted by Gasteiger charge is -2.14. The molecule has 0 fully saturated rings. The van der Waals surface area contributed by atoms with Crippen LogP contribution in [0.3, 0.4) is 0 Å². The Morgan fingerprint density at radius 1 is 1.50 bits per heavy atom. The molecule has 0 heterocycles. The molecule has 72 valence electrons. The van der Waals surface area contributed by atoms with Gasteiger partial charge in [-0.3, -0.25) is 4.79 Å². The van der Waals surface area contributed by atoms with Gasteiger partial charge in [0.2, 0.25) is 0 Å². The van der Waals surface area contributed by atoms with Crippen LogP contribution in [0.5, 0.6) is 0 Å². The minimum Gasteiger partial charge on any atom is -0.462 e. The fraction of sp³-hybridized carbons (Fsp3) is 0.889. The molecule has 1 unspecified atom stereocenters. The fourth-order valence-electron chi connectivity index (χ4n) is 0.798. The molecule has 0 radical (unpaired) electrons. The maximum atomic E-state index is 11.2. The summed E-state index contributed by atoms with van der Waals surface area (Å²) in [5.74, 6) is -0.272. The first kappa shape index (κ1) is 11.4. The van der Waals surface area contributed by atoms with Gasteiger partial charge in [-0.2, -0.15) is 0 Å². The van der Waals surface area contributed by atoms with E-state index in [4.69, 9.17) is 10.5 Å². The van der Waals surface area contributed by atoms with Crippen molar-refractivity contribution in [1.82, 2.24) is 0 Å². The van der Waals surface area contributed by atoms with Gasteiger partial charge in [0.25, 0.3) is 0 Å². The normalized spacial score (nSPS) is 15.3. The summed E-state index contributed by atoms with van der Waals surface area (Å²) in [5.41, 5.74) is 5.56. The van der Waals surface area contributed by atoms with Crippen LogP contribution in [0, 0.1) is 0 Å². The first-order chi connectivity index (χ1) is 5.61. The maximum Gasteiger partial charge on any atom is 0.323 e. The second-order valence-corrected chi connectivity index (χ2v) is 3.05. The van der Waals surface area contributed by atoms with Crippen LogP contribution in [0.1, 0.15) is 40.0 Å². The number of hydrogen-bond acceptors (Lipinski definition) is 3. The molecular formula is C9H19NO2. The van der Waals surface area contributed by atoms with Crippen molar-refractivity contribution in [3.63, 3.8) is 0 Å². The summed E-state index contributed by atoms with van der Waals surface area (Å²) in [5, 5.41) is 0. The van der Waals surface area contributed by atoms with Crippen LogP contribution in [-0.4, -0.2) is 18.1 Å². The van der Waals surface area contributed by atoms with E-state index in [2.05, 4.69) is 0 Å². The minimum absolute atomic E-state index is 0.0135. The minimum atomic E-state index is -0.441. The van der Waals surface area contributed by atoms with E-state index in [0.29, 0.717) is 6.42 Å². The van der Waals surface area contributed by atoms with E-state index >= 15 is 0 Å². The SMILES string of the molecule is CCC[C@H](N)C(=O)OC(C)CC. The van der Waals surface area contributed by atoms with Gasteiger partial charge in [-0.1, -0.05) is 20.3 Å². The van der Waals surface area contributed by atoms with Crippen molar-refractivity contribution < 1.29 is 9.53 Å². The number of nitrogens with two attached hydrogens (primary N) is 1. The van der Waals surface area contributed by atoms with Crippen LogP contribution >= 0.6 is 0 Å². The predicted molar refractivity (Wildman–Crippen MR) is 48.7 cm³/mol. The monoisotopic (exact) mass is 173 g/mol. The smallest absolute Gasteiger partial charge is 0.323 e. The lowest BCUT2D eigenvalue weighted by molar-refractivity contribution is -0.150. The third-order valence-corrected chi connectivity index (χ3v) is 1.79. The largest absolute Gasteiger partial charge is 0.462 e. The van der Waals surface area contributed by atoms with Gasteiger partial charge < -0.3 is 10.5 Å². The van der Waals surface area contributed by atoms with Gasteiger partial charge in [-0.15, -0.1) is 0 Å². The summed E-state index contributed by atoms with van der Waals surface area (Å²) in [7, 11) is 0. The zero-order valence-electron chi connectivity index (χ0n) is 8.17. The van der Waals surface area contributed by atoms with Crippen molar-refractivity contribution in [2.24, 2.45) is 5.73 Å². The standard InChI is InChI=1S/C9H19NO2/c1-4-6-8(10)9(11)12-7(3)5-2/h7-8H,4-6,10H2,1-3H3/t7?,8-/m0/s1. The summed E-state index contributed by atoms with van der Waals surface area (Å²) in [6.45, 7) is 5.84. The van der Waals surface area contributed by atoms with Crippen molar-refractivity contribution in [2.75, 3.05) is 0 Å². The Morgan fingerprint density at radius 3 is 2.50 bits per heavy atom. The average Bonchev–Trinajstić information content (AvgIpc) is 2.04. The highest BCUT2D eigenvalue weighted by Crippen LogP contribution is 2.01. The lowest BCUT2D eigenvalue weighted by atomic mass is 10.2. The van der Waals surface area contributed by atoms with Gasteiger partial charge in [-0.25, -0.2) is 0 Å². The molecule has 12 heavy (non-hydrogen) atoms. The Morgan fingerprint density at radius 2 is 2.08 bits per heavy atom. The fourth-order valence-corrected chi connectivity index (χ4v) is 0.798. The van der Waals surface area contributed by atoms with Gasteiger partial charge in [0.15, 0.2) is 0 Å². The molecule has 0 aromatic carbocycles. The highest BCUT2D eigenvalue weighted by atomic mass is 16.5. The third-order valence-electron chi connectivity index (χ3n) is 1.79. The molecule has 2 N–H and O–H groups in total. The van der Waals surface area contributed by atoms with E-state index in [1.54, 1.807) is 0 Å². The summed E-state index contributed by atoms with van der Waals surface area (Å²) in [6.07, 6.45) is 2.44. The van der Waals surface area contributed by atoms with E-state index in [-0.39, 0.29) is 12.1 Å². The van der Waals surface area contributed by atoms with Crippen LogP contribution in [0.15, 0.2) is 0 Å². The number of carbonyl (C=O) groups is 1. The van der Waals surface area contributed by atoms with Gasteiger partial charge >= 0.3 is 5.97 Å². The number of hydrogen-bond donors (Lipinski definition) is 1. The highest BCUT2D eigenvalue weighted by Gasteiger charge is 2.15. The molecule has 0 spiro atoms. The highest BCUT2D eigenvalue weighted by molar-refractivity contribution is 5.75. The molecule has 0 aromatic heterocycles. The summed E-state index contributed by atoms with van der Waals surface area (Å²) in [6, 6.07) is -0.441. The quantitative estimate of drug-likeness (QED) is 0.640. The Labute approximate surface area is 74.3 Å². The van der Waals surface area contributed by atoms with Crippen LogP contribution in [0.25, 0.3) is 0 Å². The maximum absolute atomic E-state index is 11.2. The van der Waals surface area contributed by atoms with Crippen LogP contribution in [0.2, 0.25) is 0 Å². The molecule has 0 aliphatic rings. The molecule has 0 amide bonds. The Kier molecular flexibility index (Phi) is 5.72. The van der Waals surface area contributed by atoms with Crippen molar-refractivity contribution in [2.45, 2.75) is 52.2 Å². The van der Waals surface area contributed by atoms with Gasteiger partial charge in [0, 0.05) is 0 Å². The Balaban J connectivity index is 3.70. The van der Waals surface area contributed by atoms with E-state index in [9.17, 15) is 4.79 Å². The van der Waals surface area contributed by atoms with Gasteiger partial charge in [0.05, 0.1) is 6.10 Å². The van der Waals surface area contributed by atoms with E-state index in [1.807, 2.05) is 20.8 Å². The number of esters is 1. The zero-order chi connectivity index (χ0) is 9.56. The van der Waals surface area contributed by atoms with E-state index < -0.39 is 6.04 Å². The Bertz CT molecular complexity index is 136. The molecule has 3 nitrogen and oxygen atoms in total. The van der Waals surface area contributed by atoms with Crippen molar-refractivity contribution in [3.8, 4) is 0 Å². The van der Waals surface area contributed by atoms with Gasteiger partial charge in [-0.05, 0) is 19.8 Å². The molecule has 0 aliphatic carbocycles. The van der Waals surface area contributed by atoms with Crippen molar-refractivity contribution >= 4 is 5.97 Å². The van der Waals surface area contributed by atoms with Crippen LogP contribution in [0.4, 0.5) is 0 Å². The zero-order valence-corrected chi connectivity index (χ0v) is 8.17. The third kappa shape index (κ3) is 4.34. The van der Waals surface area contributed by atoms with Crippen molar-refractivity contribution in [3.05, 3.63) is 0 Å². The molecule has 0 rings (SSSR count). The molecule has 0 bridgehead atoms. The summed E-state index contributed by atoms with van der Waals surface area (Å²) < 4.78 is 5.05. The molecule has 0 aromatic rings. The van der Waals surface area contributed by atoms with E-state index in [1.165, 1.54) is 0 Å². The van der Waals surface area contributed by atoms with Crippen molar-refractivity contribution in [1.29, 1.82) is 0 Å². The molecule has 2 atom stereocenters. The molecule has 0 saturated carbocycles. The number of ether oxygens (including phenoxy) is 1. The molecule has 3 heteroatoms. The molecule has 0 aliphatic heterocycles. The predicted octanol–water partition coefficient (Wildman–Crippen LogP) is 1.46. The summed E-state index contributed by atoms with van der Waals surface area (Å²) in [4.78, 5) is 11.2. The summed E-state index contributed by atoms with van der Waals surface area (Å²) >= 11 is 0. The Hall–Kier alpha value is -0.570. The first-order valence-electron chi connectivity index (χ1n) is 4.57. The second-order valence-electron chi connectivity index (χ2n) is 3.05. The first-order valence-corrected chi connectivity index (χ1v) is 4.57. The van der Waals surface area contributed by atoms with Crippen LogP contribution < -0.4 is 5.73 Å².